The van der Waals surface area contributed by atoms with E-state index >= 15 is 0 Å². The van der Waals surface area contributed by atoms with E-state index in [1.807, 2.05) is 11.8 Å². The highest BCUT2D eigenvalue weighted by Crippen LogP contribution is 2.45. The summed E-state index contributed by atoms with van der Waals surface area (Å²) in [4.78, 5) is 40.1. The number of likely N-dealkylation sites (tertiary alicyclic amines) is 1. The molecule has 1 amide bonds. The Balaban J connectivity index is 1.49. The van der Waals surface area contributed by atoms with E-state index in [2.05, 4.69) is 9.97 Å². The summed E-state index contributed by atoms with van der Waals surface area (Å²) in [7, 11) is 1.56. The van der Waals surface area contributed by atoms with Crippen LogP contribution in [0, 0.1) is 6.92 Å². The first-order chi connectivity index (χ1) is 14.0. The number of aryl methyl sites for hydroxylation is 1. The number of hydrogen-bond donors (Lipinski definition) is 1. The zero-order valence-corrected chi connectivity index (χ0v) is 17.0. The topological polar surface area (TPSA) is 88.2 Å². The number of nitrogens with zero attached hydrogens (tertiary/aromatic N) is 3. The van der Waals surface area contributed by atoms with Gasteiger partial charge in [-0.2, -0.15) is 0 Å². The SMILES string of the molecule is COc1cnc(C)cc1C(=O)N1CCCC2(CCc3c2nc(C2CC2)[nH]c3=O)C1. The number of methoxy groups -OCH3 is 1. The number of piperidine rings is 1. The van der Waals surface area contributed by atoms with Crippen LogP contribution >= 0.6 is 0 Å². The lowest BCUT2D eigenvalue weighted by atomic mass is 9.77. The third kappa shape index (κ3) is 3.03. The van der Waals surface area contributed by atoms with E-state index in [1.54, 1.807) is 19.4 Å². The van der Waals surface area contributed by atoms with E-state index in [-0.39, 0.29) is 16.9 Å². The van der Waals surface area contributed by atoms with Crippen LogP contribution < -0.4 is 10.3 Å². The Morgan fingerprint density at radius 3 is 2.93 bits per heavy atom. The van der Waals surface area contributed by atoms with Crippen molar-refractivity contribution in [2.75, 3.05) is 20.2 Å². The summed E-state index contributed by atoms with van der Waals surface area (Å²) < 4.78 is 5.38. The number of hydrogen-bond acceptors (Lipinski definition) is 5. The Labute approximate surface area is 169 Å². The summed E-state index contributed by atoms with van der Waals surface area (Å²) in [5.41, 5.74) is 2.90. The first-order valence-corrected chi connectivity index (χ1v) is 10.4. The van der Waals surface area contributed by atoms with Gasteiger partial charge in [0, 0.05) is 35.7 Å². The Kier molecular flexibility index (Phi) is 4.22. The smallest absolute Gasteiger partial charge is 0.257 e. The Bertz CT molecular complexity index is 1040. The number of aromatic amines is 1. The minimum absolute atomic E-state index is 0.0173. The molecule has 1 saturated carbocycles. The van der Waals surface area contributed by atoms with Crippen molar-refractivity contribution in [2.24, 2.45) is 0 Å². The van der Waals surface area contributed by atoms with Crippen molar-refractivity contribution in [1.82, 2.24) is 19.9 Å². The molecule has 7 heteroatoms. The number of carbonyl (C=O) groups excluding carboxylic acids is 1. The molecule has 2 aromatic heterocycles. The normalized spacial score (nSPS) is 23.3. The minimum Gasteiger partial charge on any atom is -0.494 e. The highest BCUT2D eigenvalue weighted by molar-refractivity contribution is 5.97. The molecule has 7 nitrogen and oxygen atoms in total. The molecule has 0 aromatic carbocycles. The van der Waals surface area contributed by atoms with Gasteiger partial charge in [0.15, 0.2) is 0 Å². The van der Waals surface area contributed by atoms with Crippen LogP contribution in [0.5, 0.6) is 5.75 Å². The summed E-state index contributed by atoms with van der Waals surface area (Å²) in [6.07, 6.45) is 7.30. The molecule has 2 fully saturated rings. The Morgan fingerprint density at radius 1 is 1.34 bits per heavy atom. The zero-order chi connectivity index (χ0) is 20.2. The molecule has 2 aliphatic carbocycles. The molecular formula is C22H26N4O3. The Morgan fingerprint density at radius 2 is 2.17 bits per heavy atom. The fraction of sp³-hybridized carbons (Fsp3) is 0.545. The molecule has 29 heavy (non-hydrogen) atoms. The highest BCUT2D eigenvalue weighted by atomic mass is 16.5. The molecule has 1 spiro atoms. The van der Waals surface area contributed by atoms with Gasteiger partial charge >= 0.3 is 0 Å². The molecule has 0 bridgehead atoms. The first-order valence-electron chi connectivity index (χ1n) is 10.4. The maximum atomic E-state index is 13.4. The quantitative estimate of drug-likeness (QED) is 0.864. The number of fused-ring (bicyclic) bond motifs is 2. The van der Waals surface area contributed by atoms with Gasteiger partial charge < -0.3 is 14.6 Å². The second-order valence-corrected chi connectivity index (χ2v) is 8.69. The molecule has 152 valence electrons. The van der Waals surface area contributed by atoms with Crippen LogP contribution in [-0.4, -0.2) is 46.0 Å². The molecule has 1 aliphatic heterocycles. The van der Waals surface area contributed by atoms with Crippen molar-refractivity contribution in [3.63, 3.8) is 0 Å². The van der Waals surface area contributed by atoms with Gasteiger partial charge in [-0.15, -0.1) is 0 Å². The molecule has 1 atom stereocenters. The molecule has 2 aromatic rings. The summed E-state index contributed by atoms with van der Waals surface area (Å²) in [5.74, 6) is 1.70. The number of nitrogens with one attached hydrogen (secondary N) is 1. The largest absolute Gasteiger partial charge is 0.494 e. The molecule has 1 N–H and O–H groups in total. The van der Waals surface area contributed by atoms with Crippen LogP contribution in [0.1, 0.15) is 71.2 Å². The van der Waals surface area contributed by atoms with Crippen molar-refractivity contribution in [3.05, 3.63) is 51.0 Å². The lowest BCUT2D eigenvalue weighted by molar-refractivity contribution is 0.0629. The predicted octanol–water partition coefficient (Wildman–Crippen LogP) is 2.48. The van der Waals surface area contributed by atoms with Crippen LogP contribution in [0.4, 0.5) is 0 Å². The highest BCUT2D eigenvalue weighted by Gasteiger charge is 2.46. The van der Waals surface area contributed by atoms with E-state index in [9.17, 15) is 9.59 Å². The maximum absolute atomic E-state index is 13.4. The minimum atomic E-state index is -0.212. The predicted molar refractivity (Wildman–Crippen MR) is 107 cm³/mol. The molecule has 1 saturated heterocycles. The molecular weight excluding hydrogens is 368 g/mol. The Hall–Kier alpha value is -2.70. The van der Waals surface area contributed by atoms with Gasteiger partial charge in [0.1, 0.15) is 11.6 Å². The second-order valence-electron chi connectivity index (χ2n) is 8.69. The summed E-state index contributed by atoms with van der Waals surface area (Å²) in [5, 5.41) is 0. The third-order valence-corrected chi connectivity index (χ3v) is 6.67. The molecule has 3 heterocycles. The van der Waals surface area contributed by atoms with Crippen molar-refractivity contribution < 1.29 is 9.53 Å². The lowest BCUT2D eigenvalue weighted by Crippen LogP contribution is -2.48. The van der Waals surface area contributed by atoms with Crippen molar-refractivity contribution in [2.45, 2.75) is 56.8 Å². The van der Waals surface area contributed by atoms with E-state index in [0.29, 0.717) is 30.3 Å². The van der Waals surface area contributed by atoms with Crippen LogP contribution in [0.2, 0.25) is 0 Å². The summed E-state index contributed by atoms with van der Waals surface area (Å²) >= 11 is 0. The average molecular weight is 394 g/mol. The van der Waals surface area contributed by atoms with Gasteiger partial charge in [-0.3, -0.25) is 14.6 Å². The average Bonchev–Trinajstić information content (AvgIpc) is 3.52. The van der Waals surface area contributed by atoms with Gasteiger partial charge in [-0.25, -0.2) is 4.98 Å². The van der Waals surface area contributed by atoms with E-state index in [1.165, 1.54) is 0 Å². The fourth-order valence-corrected chi connectivity index (χ4v) is 4.97. The maximum Gasteiger partial charge on any atom is 0.257 e. The third-order valence-electron chi connectivity index (χ3n) is 6.67. The fourth-order valence-electron chi connectivity index (χ4n) is 4.97. The van der Waals surface area contributed by atoms with Gasteiger partial charge in [-0.05, 0) is 51.5 Å². The molecule has 0 radical (unpaired) electrons. The number of pyridine rings is 1. The van der Waals surface area contributed by atoms with Gasteiger partial charge in [0.25, 0.3) is 11.5 Å². The monoisotopic (exact) mass is 394 g/mol. The van der Waals surface area contributed by atoms with Crippen molar-refractivity contribution in [3.8, 4) is 5.75 Å². The number of carbonyl (C=O) groups is 1. The van der Waals surface area contributed by atoms with Gasteiger partial charge in [0.2, 0.25) is 0 Å². The summed E-state index contributed by atoms with van der Waals surface area (Å²) in [6, 6.07) is 1.79. The zero-order valence-electron chi connectivity index (χ0n) is 17.0. The van der Waals surface area contributed by atoms with E-state index in [4.69, 9.17) is 9.72 Å². The number of H-pyrrole nitrogens is 1. The number of ether oxygens (including phenoxy) is 1. The molecule has 5 rings (SSSR count). The van der Waals surface area contributed by atoms with Crippen LogP contribution in [-0.2, 0) is 11.8 Å². The number of amides is 1. The number of rotatable bonds is 3. The van der Waals surface area contributed by atoms with Crippen LogP contribution in [0.25, 0.3) is 0 Å². The molecule has 3 aliphatic rings. The second kappa shape index (κ2) is 6.68. The van der Waals surface area contributed by atoms with Gasteiger partial charge in [-0.1, -0.05) is 0 Å². The van der Waals surface area contributed by atoms with E-state index in [0.717, 1.165) is 61.3 Å². The summed E-state index contributed by atoms with van der Waals surface area (Å²) in [6.45, 7) is 3.18. The molecule has 1 unspecified atom stereocenters. The van der Waals surface area contributed by atoms with Crippen LogP contribution in [0.3, 0.4) is 0 Å². The lowest BCUT2D eigenvalue weighted by Gasteiger charge is -2.40. The van der Waals surface area contributed by atoms with Gasteiger partial charge in [0.05, 0.1) is 24.6 Å². The van der Waals surface area contributed by atoms with Crippen molar-refractivity contribution >= 4 is 5.91 Å². The van der Waals surface area contributed by atoms with E-state index < -0.39 is 0 Å². The van der Waals surface area contributed by atoms with Crippen molar-refractivity contribution in [1.29, 1.82) is 0 Å². The van der Waals surface area contributed by atoms with Crippen LogP contribution in [0.15, 0.2) is 17.1 Å². The standard InChI is InChI=1S/C22H26N4O3/c1-13-10-16(17(29-2)11-23-13)21(28)26-9-3-7-22(12-26)8-6-15-18(22)24-19(14-4-5-14)25-20(15)27/h10-11,14H,3-9,12H2,1-2H3,(H,24,25,27). The first kappa shape index (κ1) is 18.3. The number of aromatic nitrogens is 3.